The van der Waals surface area contributed by atoms with Crippen molar-refractivity contribution in [3.8, 4) is 11.5 Å². The van der Waals surface area contributed by atoms with E-state index in [1.54, 1.807) is 18.3 Å². The number of hydrogen-bond donors (Lipinski definition) is 1. The van der Waals surface area contributed by atoms with Crippen molar-refractivity contribution < 1.29 is 14.3 Å². The number of likely N-dealkylation sites (tertiary alicyclic amines) is 1. The summed E-state index contributed by atoms with van der Waals surface area (Å²) in [6.45, 7) is 1.63. The van der Waals surface area contributed by atoms with Crippen molar-refractivity contribution in [3.05, 3.63) is 89.4 Å². The van der Waals surface area contributed by atoms with Crippen LogP contribution >= 0.6 is 11.3 Å². The molecule has 1 saturated heterocycles. The van der Waals surface area contributed by atoms with Gasteiger partial charge in [-0.3, -0.25) is 14.6 Å². The molecule has 0 radical (unpaired) electrons. The number of aromatic nitrogens is 2. The number of thiophene rings is 1. The lowest BCUT2D eigenvalue weighted by atomic mass is 10.1. The monoisotopic (exact) mass is 494 g/mol. The highest BCUT2D eigenvalue weighted by Crippen LogP contribution is 2.35. The molecule has 4 heterocycles. The minimum Gasteiger partial charge on any atom is -0.456 e. The molecule has 178 valence electrons. The van der Waals surface area contributed by atoms with Gasteiger partial charge in [0.1, 0.15) is 17.3 Å². The second kappa shape index (κ2) is 9.39. The Balaban J connectivity index is 1.12. The van der Waals surface area contributed by atoms with Crippen LogP contribution in [0, 0.1) is 0 Å². The predicted octanol–water partition coefficient (Wildman–Crippen LogP) is 5.66. The molecule has 6 rings (SSSR count). The van der Waals surface area contributed by atoms with E-state index in [9.17, 15) is 9.59 Å². The Morgan fingerprint density at radius 2 is 1.81 bits per heavy atom. The van der Waals surface area contributed by atoms with Gasteiger partial charge in [0.15, 0.2) is 0 Å². The largest absolute Gasteiger partial charge is 0.456 e. The molecule has 1 aliphatic rings. The second-order valence-electron chi connectivity index (χ2n) is 8.64. The van der Waals surface area contributed by atoms with Crippen LogP contribution in [0.3, 0.4) is 0 Å². The van der Waals surface area contributed by atoms with Crippen molar-refractivity contribution >= 4 is 50.1 Å². The fourth-order valence-corrected chi connectivity index (χ4v) is 5.12. The minimum atomic E-state index is -0.139. The van der Waals surface area contributed by atoms with Crippen molar-refractivity contribution in [2.24, 2.45) is 0 Å². The summed E-state index contributed by atoms with van der Waals surface area (Å²) in [5.74, 6) is 1.74. The molecule has 1 fully saturated rings. The van der Waals surface area contributed by atoms with Crippen LogP contribution in [0.15, 0.2) is 79.0 Å². The maximum absolute atomic E-state index is 12.6. The van der Waals surface area contributed by atoms with Crippen LogP contribution < -0.4 is 10.1 Å². The van der Waals surface area contributed by atoms with E-state index in [4.69, 9.17) is 4.74 Å². The van der Waals surface area contributed by atoms with Gasteiger partial charge in [0.05, 0.1) is 27.0 Å². The lowest BCUT2D eigenvalue weighted by molar-refractivity contribution is -0.115. The number of benzene rings is 2. The third-order valence-electron chi connectivity index (χ3n) is 6.11. The maximum Gasteiger partial charge on any atom is 0.264 e. The van der Waals surface area contributed by atoms with E-state index in [0.29, 0.717) is 22.2 Å². The Morgan fingerprint density at radius 3 is 2.61 bits per heavy atom. The molecule has 7 nitrogen and oxygen atoms in total. The zero-order valence-corrected chi connectivity index (χ0v) is 20.1. The molecule has 2 amide bonds. The van der Waals surface area contributed by atoms with Crippen LogP contribution in [-0.2, 0) is 11.2 Å². The van der Waals surface area contributed by atoms with Gasteiger partial charge in [-0.15, -0.1) is 11.3 Å². The van der Waals surface area contributed by atoms with Crippen LogP contribution in [0.5, 0.6) is 11.5 Å². The molecule has 0 unspecified atom stereocenters. The maximum atomic E-state index is 12.6. The van der Waals surface area contributed by atoms with E-state index >= 15 is 0 Å². The minimum absolute atomic E-state index is 0.0525. The van der Waals surface area contributed by atoms with Crippen LogP contribution in [0.25, 0.3) is 21.1 Å². The van der Waals surface area contributed by atoms with Gasteiger partial charge < -0.3 is 15.0 Å². The molecule has 36 heavy (non-hydrogen) atoms. The van der Waals surface area contributed by atoms with Crippen LogP contribution in [0.4, 0.5) is 5.82 Å². The average Bonchev–Trinajstić information content (AvgIpc) is 3.30. The zero-order chi connectivity index (χ0) is 24.5. The Labute approximate surface area is 211 Å². The molecule has 1 N–H and O–H groups in total. The summed E-state index contributed by atoms with van der Waals surface area (Å²) in [5.41, 5.74) is 2.45. The summed E-state index contributed by atoms with van der Waals surface area (Å²) in [7, 11) is 0. The van der Waals surface area contributed by atoms with Crippen LogP contribution in [-0.4, -0.2) is 39.8 Å². The van der Waals surface area contributed by atoms with Gasteiger partial charge in [-0.1, -0.05) is 30.3 Å². The lowest BCUT2D eigenvalue weighted by Crippen LogP contribution is -2.41. The standard InChI is InChI=1S/C28H22N4O3S/c33-26(31-25-11-8-19-4-1-2-5-21(19)30-25)16-18-6-9-20(10-7-18)35-23-12-13-29-22-17-24(36-27(22)23)28(34)32-14-3-15-32/h1-2,4-13,17H,3,14-16H2,(H,30,31,33). The molecule has 0 spiro atoms. The van der Waals surface area contributed by atoms with E-state index in [1.807, 2.05) is 65.6 Å². The number of para-hydroxylation sites is 1. The number of fused-ring (bicyclic) bond motifs is 2. The fraction of sp³-hybridized carbons (Fsp3) is 0.143. The average molecular weight is 495 g/mol. The molecule has 3 aromatic heterocycles. The number of carbonyl (C=O) groups excluding carboxylic acids is 2. The second-order valence-corrected chi connectivity index (χ2v) is 9.69. The highest BCUT2D eigenvalue weighted by molar-refractivity contribution is 7.21. The van der Waals surface area contributed by atoms with E-state index in [1.165, 1.54) is 11.3 Å². The summed E-state index contributed by atoms with van der Waals surface area (Å²) in [4.78, 5) is 36.6. The number of pyridine rings is 2. The molecule has 0 bridgehead atoms. The number of hydrogen-bond acceptors (Lipinski definition) is 6. The van der Waals surface area contributed by atoms with E-state index < -0.39 is 0 Å². The molecular formula is C28H22N4O3S. The van der Waals surface area contributed by atoms with E-state index in [2.05, 4.69) is 15.3 Å². The van der Waals surface area contributed by atoms with Gasteiger partial charge in [-0.25, -0.2) is 4.98 Å². The first-order valence-corrected chi connectivity index (χ1v) is 12.5. The highest BCUT2D eigenvalue weighted by atomic mass is 32.1. The van der Waals surface area contributed by atoms with E-state index in [-0.39, 0.29) is 18.2 Å². The number of nitrogens with zero attached hydrogens (tertiary/aromatic N) is 3. The van der Waals surface area contributed by atoms with Crippen LogP contribution in [0.2, 0.25) is 0 Å². The Kier molecular flexibility index (Phi) is 5.79. The molecule has 2 aromatic carbocycles. The molecule has 8 heteroatoms. The first-order valence-electron chi connectivity index (χ1n) is 11.7. The number of anilines is 1. The number of carbonyl (C=O) groups is 2. The fourth-order valence-electron chi connectivity index (χ4n) is 4.09. The van der Waals surface area contributed by atoms with Crippen LogP contribution in [0.1, 0.15) is 21.7 Å². The van der Waals surface area contributed by atoms with Crippen molar-refractivity contribution in [2.75, 3.05) is 18.4 Å². The lowest BCUT2D eigenvalue weighted by Gasteiger charge is -2.30. The molecule has 0 saturated carbocycles. The summed E-state index contributed by atoms with van der Waals surface area (Å²) < 4.78 is 6.96. The Morgan fingerprint density at radius 1 is 0.972 bits per heavy atom. The smallest absolute Gasteiger partial charge is 0.264 e. The number of amides is 2. The molecule has 1 aliphatic heterocycles. The van der Waals surface area contributed by atoms with Crippen molar-refractivity contribution in [2.45, 2.75) is 12.8 Å². The third kappa shape index (κ3) is 4.50. The van der Waals surface area contributed by atoms with Crippen molar-refractivity contribution in [1.29, 1.82) is 0 Å². The Bertz CT molecular complexity index is 1590. The SMILES string of the molecule is O=C(Cc1ccc(Oc2ccnc3cc(C(=O)N4CCC4)sc23)cc1)Nc1ccc2ccccc2n1. The number of ether oxygens (including phenoxy) is 1. The van der Waals surface area contributed by atoms with Crippen molar-refractivity contribution in [1.82, 2.24) is 14.9 Å². The summed E-state index contributed by atoms with van der Waals surface area (Å²) in [5, 5.41) is 3.89. The van der Waals surface area contributed by atoms with Crippen molar-refractivity contribution in [3.63, 3.8) is 0 Å². The summed E-state index contributed by atoms with van der Waals surface area (Å²) >= 11 is 1.40. The third-order valence-corrected chi connectivity index (χ3v) is 7.24. The first kappa shape index (κ1) is 22.2. The molecular weight excluding hydrogens is 472 g/mol. The highest BCUT2D eigenvalue weighted by Gasteiger charge is 2.24. The van der Waals surface area contributed by atoms with Gasteiger partial charge in [-0.2, -0.15) is 0 Å². The van der Waals surface area contributed by atoms with Gasteiger partial charge in [0.25, 0.3) is 5.91 Å². The topological polar surface area (TPSA) is 84.4 Å². The summed E-state index contributed by atoms with van der Waals surface area (Å²) in [6, 6.07) is 22.6. The quantitative estimate of drug-likeness (QED) is 0.329. The normalized spacial score (nSPS) is 12.9. The predicted molar refractivity (Wildman–Crippen MR) is 141 cm³/mol. The van der Waals surface area contributed by atoms with Gasteiger partial charge >= 0.3 is 0 Å². The van der Waals surface area contributed by atoms with Gasteiger partial charge in [0.2, 0.25) is 5.91 Å². The Hall–Kier alpha value is -4.30. The van der Waals surface area contributed by atoms with Gasteiger partial charge in [0, 0.05) is 30.7 Å². The molecule has 0 aliphatic carbocycles. The molecule has 5 aromatic rings. The number of rotatable bonds is 6. The first-order chi connectivity index (χ1) is 17.6. The molecule has 0 atom stereocenters. The van der Waals surface area contributed by atoms with E-state index in [0.717, 1.165) is 46.2 Å². The number of nitrogens with one attached hydrogen (secondary N) is 1. The van der Waals surface area contributed by atoms with Gasteiger partial charge in [-0.05, 0) is 48.4 Å². The summed E-state index contributed by atoms with van der Waals surface area (Å²) in [6.07, 6.45) is 2.96. The zero-order valence-electron chi connectivity index (χ0n) is 19.3.